The average molecular weight is 240 g/mol. The quantitative estimate of drug-likeness (QED) is 0.663. The molecule has 3 nitrogen and oxygen atoms in total. The van der Waals surface area contributed by atoms with Crippen LogP contribution in [-0.4, -0.2) is 29.9 Å². The number of amides is 1. The van der Waals surface area contributed by atoms with Crippen LogP contribution in [0.1, 0.15) is 64.7 Å². The van der Waals surface area contributed by atoms with Gasteiger partial charge in [-0.05, 0) is 12.8 Å². The monoisotopic (exact) mass is 240 g/mol. The Morgan fingerprint density at radius 2 is 1.82 bits per heavy atom. The molecule has 0 aromatic carbocycles. The lowest BCUT2D eigenvalue weighted by Crippen LogP contribution is -2.31. The summed E-state index contributed by atoms with van der Waals surface area (Å²) in [6.45, 7) is 3.88. The van der Waals surface area contributed by atoms with E-state index >= 15 is 0 Å². The van der Waals surface area contributed by atoms with E-state index in [4.69, 9.17) is 5.73 Å². The molecule has 1 atom stereocenters. The zero-order valence-electron chi connectivity index (χ0n) is 11.3. The van der Waals surface area contributed by atoms with Gasteiger partial charge in [-0.15, -0.1) is 0 Å². The third kappa shape index (κ3) is 6.06. The van der Waals surface area contributed by atoms with E-state index < -0.39 is 0 Å². The van der Waals surface area contributed by atoms with Crippen LogP contribution in [0, 0.1) is 0 Å². The van der Waals surface area contributed by atoms with Crippen LogP contribution in [0.2, 0.25) is 0 Å². The first-order valence-electron chi connectivity index (χ1n) is 7.27. The van der Waals surface area contributed by atoms with Gasteiger partial charge >= 0.3 is 0 Å². The number of likely N-dealkylation sites (tertiary alicyclic amines) is 1. The van der Waals surface area contributed by atoms with Crippen molar-refractivity contribution < 1.29 is 4.79 Å². The first kappa shape index (κ1) is 14.5. The summed E-state index contributed by atoms with van der Waals surface area (Å²) >= 11 is 0. The molecule has 0 unspecified atom stereocenters. The molecule has 1 heterocycles. The first-order valence-corrected chi connectivity index (χ1v) is 7.27. The summed E-state index contributed by atoms with van der Waals surface area (Å²) in [5.74, 6) is 0.312. The smallest absolute Gasteiger partial charge is 0.222 e. The van der Waals surface area contributed by atoms with Gasteiger partial charge in [-0.1, -0.05) is 45.4 Å². The van der Waals surface area contributed by atoms with E-state index in [1.54, 1.807) is 0 Å². The lowest BCUT2D eigenvalue weighted by atomic mass is 10.1. The fourth-order valence-corrected chi connectivity index (χ4v) is 2.41. The second kappa shape index (κ2) is 8.51. The van der Waals surface area contributed by atoms with E-state index in [1.807, 2.05) is 4.90 Å². The minimum absolute atomic E-state index is 0.216. The van der Waals surface area contributed by atoms with E-state index in [9.17, 15) is 4.79 Å². The molecule has 1 rings (SSSR count). The van der Waals surface area contributed by atoms with Crippen LogP contribution in [0.25, 0.3) is 0 Å². The first-order chi connectivity index (χ1) is 8.24. The molecule has 0 radical (unpaired) electrons. The van der Waals surface area contributed by atoms with E-state index in [0.717, 1.165) is 32.4 Å². The number of rotatable bonds is 8. The molecule has 0 saturated carbocycles. The Hall–Kier alpha value is -0.570. The summed E-state index contributed by atoms with van der Waals surface area (Å²) in [7, 11) is 0. The highest BCUT2D eigenvalue weighted by atomic mass is 16.2. The number of carbonyl (C=O) groups is 1. The number of carbonyl (C=O) groups excluding carboxylic acids is 1. The van der Waals surface area contributed by atoms with Gasteiger partial charge in [-0.2, -0.15) is 0 Å². The molecule has 1 fully saturated rings. The molecule has 3 heteroatoms. The highest BCUT2D eigenvalue weighted by molar-refractivity contribution is 5.76. The Bertz CT molecular complexity index is 218. The largest absolute Gasteiger partial charge is 0.341 e. The lowest BCUT2D eigenvalue weighted by Gasteiger charge is -2.15. The van der Waals surface area contributed by atoms with Crippen LogP contribution in [0.3, 0.4) is 0 Å². The second-order valence-corrected chi connectivity index (χ2v) is 5.26. The van der Waals surface area contributed by atoms with Crippen LogP contribution in [0.4, 0.5) is 0 Å². The molecule has 2 N–H and O–H groups in total. The number of unbranched alkanes of at least 4 members (excludes halogenated alkanes) is 6. The minimum Gasteiger partial charge on any atom is -0.341 e. The molecule has 1 aliphatic heterocycles. The van der Waals surface area contributed by atoms with Gasteiger partial charge in [-0.25, -0.2) is 0 Å². The maximum absolute atomic E-state index is 11.8. The SMILES string of the molecule is CCCCCCCCCC(=O)N1CC[C@H](N)C1. The van der Waals surface area contributed by atoms with Crippen molar-refractivity contribution in [2.75, 3.05) is 13.1 Å². The predicted molar refractivity (Wildman–Crippen MR) is 71.8 cm³/mol. The topological polar surface area (TPSA) is 46.3 Å². The van der Waals surface area contributed by atoms with Crippen LogP contribution >= 0.6 is 0 Å². The summed E-state index contributed by atoms with van der Waals surface area (Å²) in [6.07, 6.45) is 10.6. The van der Waals surface area contributed by atoms with Crippen molar-refractivity contribution in [3.05, 3.63) is 0 Å². The molecule has 0 aliphatic carbocycles. The van der Waals surface area contributed by atoms with Crippen molar-refractivity contribution in [2.24, 2.45) is 5.73 Å². The van der Waals surface area contributed by atoms with Gasteiger partial charge in [0.15, 0.2) is 0 Å². The minimum atomic E-state index is 0.216. The predicted octanol–water partition coefficient (Wildman–Crippen LogP) is 2.69. The molecule has 0 bridgehead atoms. The third-order valence-electron chi connectivity index (χ3n) is 3.57. The van der Waals surface area contributed by atoms with Crippen LogP contribution in [0.15, 0.2) is 0 Å². The molecule has 1 aliphatic rings. The fourth-order valence-electron chi connectivity index (χ4n) is 2.41. The summed E-state index contributed by atoms with van der Waals surface area (Å²) in [5.41, 5.74) is 5.79. The summed E-state index contributed by atoms with van der Waals surface area (Å²) in [6, 6.07) is 0.216. The maximum Gasteiger partial charge on any atom is 0.222 e. The fraction of sp³-hybridized carbons (Fsp3) is 0.929. The van der Waals surface area contributed by atoms with Crippen molar-refractivity contribution in [2.45, 2.75) is 70.8 Å². The number of nitrogens with zero attached hydrogens (tertiary/aromatic N) is 1. The lowest BCUT2D eigenvalue weighted by molar-refractivity contribution is -0.130. The van der Waals surface area contributed by atoms with Crippen LogP contribution in [-0.2, 0) is 4.79 Å². The van der Waals surface area contributed by atoms with Crippen molar-refractivity contribution in [1.82, 2.24) is 4.90 Å². The van der Waals surface area contributed by atoms with E-state index in [0.29, 0.717) is 5.91 Å². The Kier molecular flexibility index (Phi) is 7.25. The maximum atomic E-state index is 11.8. The summed E-state index contributed by atoms with van der Waals surface area (Å²) < 4.78 is 0. The summed E-state index contributed by atoms with van der Waals surface area (Å²) in [4.78, 5) is 13.7. The molecule has 1 amide bonds. The number of hydrogen-bond acceptors (Lipinski definition) is 2. The van der Waals surface area contributed by atoms with Gasteiger partial charge in [0.05, 0.1) is 0 Å². The molecule has 17 heavy (non-hydrogen) atoms. The standard InChI is InChI=1S/C14H28N2O/c1-2-3-4-5-6-7-8-9-14(17)16-11-10-13(15)12-16/h13H,2-12,15H2,1H3/t13-/m0/s1. The molecule has 0 aromatic rings. The molecular weight excluding hydrogens is 212 g/mol. The van der Waals surface area contributed by atoms with E-state index in [2.05, 4.69) is 6.92 Å². The van der Waals surface area contributed by atoms with E-state index in [1.165, 1.54) is 38.5 Å². The van der Waals surface area contributed by atoms with Gasteiger partial charge in [0.25, 0.3) is 0 Å². The molecule has 1 saturated heterocycles. The molecule has 0 spiro atoms. The van der Waals surface area contributed by atoms with Crippen molar-refractivity contribution >= 4 is 5.91 Å². The van der Waals surface area contributed by atoms with Crippen LogP contribution < -0.4 is 5.73 Å². The van der Waals surface area contributed by atoms with Gasteiger partial charge in [0, 0.05) is 25.6 Å². The van der Waals surface area contributed by atoms with E-state index in [-0.39, 0.29) is 6.04 Å². The van der Waals surface area contributed by atoms with Gasteiger partial charge in [0.1, 0.15) is 0 Å². The van der Waals surface area contributed by atoms with Crippen molar-refractivity contribution in [3.63, 3.8) is 0 Å². The zero-order chi connectivity index (χ0) is 12.5. The Morgan fingerprint density at radius 3 is 2.41 bits per heavy atom. The van der Waals surface area contributed by atoms with Crippen molar-refractivity contribution in [3.8, 4) is 0 Å². The van der Waals surface area contributed by atoms with Crippen LogP contribution in [0.5, 0.6) is 0 Å². The molecule has 0 aromatic heterocycles. The summed E-state index contributed by atoms with van der Waals surface area (Å²) in [5, 5.41) is 0. The highest BCUT2D eigenvalue weighted by Crippen LogP contribution is 2.12. The Labute approximate surface area is 106 Å². The van der Waals surface area contributed by atoms with Gasteiger partial charge < -0.3 is 10.6 Å². The zero-order valence-corrected chi connectivity index (χ0v) is 11.3. The Balaban J connectivity index is 1.93. The highest BCUT2D eigenvalue weighted by Gasteiger charge is 2.22. The number of hydrogen-bond donors (Lipinski definition) is 1. The number of nitrogens with two attached hydrogens (primary N) is 1. The van der Waals surface area contributed by atoms with Gasteiger partial charge in [-0.3, -0.25) is 4.79 Å². The van der Waals surface area contributed by atoms with Crippen molar-refractivity contribution in [1.29, 1.82) is 0 Å². The Morgan fingerprint density at radius 1 is 1.18 bits per heavy atom. The third-order valence-corrected chi connectivity index (χ3v) is 3.57. The molecule has 100 valence electrons. The van der Waals surface area contributed by atoms with Gasteiger partial charge in [0.2, 0.25) is 5.91 Å². The normalized spacial score (nSPS) is 19.9. The molecular formula is C14H28N2O. The average Bonchev–Trinajstić information content (AvgIpc) is 2.74. The second-order valence-electron chi connectivity index (χ2n) is 5.26.